The zero-order chi connectivity index (χ0) is 10.3. The maximum absolute atomic E-state index is 4.27. The number of nitrogens with one attached hydrogen (secondary N) is 1. The van der Waals surface area contributed by atoms with Crippen LogP contribution in [0.3, 0.4) is 0 Å². The SMILES string of the molecule is Brc1cnc(NC(C2CC2)C2CC2)nc1. The number of aromatic nitrogens is 2. The predicted octanol–water partition coefficient (Wildman–Crippen LogP) is 2.84. The average molecular weight is 268 g/mol. The van der Waals surface area contributed by atoms with Crippen LogP contribution in [0.1, 0.15) is 25.7 Å². The van der Waals surface area contributed by atoms with Crippen molar-refractivity contribution in [3.8, 4) is 0 Å². The van der Waals surface area contributed by atoms with Crippen LogP contribution in [0.2, 0.25) is 0 Å². The zero-order valence-electron chi connectivity index (χ0n) is 8.49. The normalized spacial score (nSPS) is 20.7. The highest BCUT2D eigenvalue weighted by Crippen LogP contribution is 2.45. The minimum Gasteiger partial charge on any atom is -0.351 e. The first-order valence-electron chi connectivity index (χ1n) is 5.57. The van der Waals surface area contributed by atoms with Crippen molar-refractivity contribution in [2.24, 2.45) is 11.8 Å². The van der Waals surface area contributed by atoms with Crippen LogP contribution in [0, 0.1) is 11.8 Å². The fourth-order valence-electron chi connectivity index (χ4n) is 2.07. The van der Waals surface area contributed by atoms with E-state index >= 15 is 0 Å². The number of rotatable bonds is 4. The van der Waals surface area contributed by atoms with Crippen molar-refractivity contribution in [1.29, 1.82) is 0 Å². The molecular formula is C11H14BrN3. The van der Waals surface area contributed by atoms with Gasteiger partial charge in [0.05, 0.1) is 4.47 Å². The second-order valence-electron chi connectivity index (χ2n) is 4.57. The predicted molar refractivity (Wildman–Crippen MR) is 62.6 cm³/mol. The summed E-state index contributed by atoms with van der Waals surface area (Å²) in [7, 11) is 0. The minimum atomic E-state index is 0.631. The van der Waals surface area contributed by atoms with Gasteiger partial charge in [0, 0.05) is 18.4 Å². The van der Waals surface area contributed by atoms with Gasteiger partial charge in [0.15, 0.2) is 0 Å². The molecule has 3 nitrogen and oxygen atoms in total. The van der Waals surface area contributed by atoms with Gasteiger partial charge in [-0.3, -0.25) is 0 Å². The van der Waals surface area contributed by atoms with Crippen LogP contribution in [0.5, 0.6) is 0 Å². The van der Waals surface area contributed by atoms with Gasteiger partial charge in [0.25, 0.3) is 0 Å². The Kier molecular flexibility index (Phi) is 2.39. The quantitative estimate of drug-likeness (QED) is 0.912. The molecule has 0 atom stereocenters. The van der Waals surface area contributed by atoms with E-state index in [9.17, 15) is 0 Å². The van der Waals surface area contributed by atoms with Gasteiger partial charge in [0.1, 0.15) is 0 Å². The van der Waals surface area contributed by atoms with E-state index in [1.807, 2.05) is 0 Å². The van der Waals surface area contributed by atoms with Gasteiger partial charge in [-0.25, -0.2) is 9.97 Å². The summed E-state index contributed by atoms with van der Waals surface area (Å²) in [6.45, 7) is 0. The molecule has 1 aromatic heterocycles. The Balaban J connectivity index is 1.69. The standard InChI is InChI=1S/C11H14BrN3/c12-9-5-13-11(14-6-9)15-10(7-1-2-7)8-3-4-8/h5-8,10H,1-4H2,(H,13,14,15). The third-order valence-electron chi connectivity index (χ3n) is 3.18. The van der Waals surface area contributed by atoms with Gasteiger partial charge in [-0.2, -0.15) is 0 Å². The largest absolute Gasteiger partial charge is 0.351 e. The Bertz CT molecular complexity index is 331. The summed E-state index contributed by atoms with van der Waals surface area (Å²) in [5, 5.41) is 3.49. The molecule has 1 aromatic rings. The first-order valence-corrected chi connectivity index (χ1v) is 6.36. The van der Waals surface area contributed by atoms with E-state index in [4.69, 9.17) is 0 Å². The highest BCUT2D eigenvalue weighted by Gasteiger charge is 2.41. The van der Waals surface area contributed by atoms with Crippen LogP contribution < -0.4 is 5.32 Å². The van der Waals surface area contributed by atoms with Crippen molar-refractivity contribution >= 4 is 21.9 Å². The molecule has 0 amide bonds. The molecule has 2 aliphatic carbocycles. The summed E-state index contributed by atoms with van der Waals surface area (Å²) in [4.78, 5) is 8.54. The molecule has 1 N–H and O–H groups in total. The smallest absolute Gasteiger partial charge is 0.222 e. The van der Waals surface area contributed by atoms with Crippen LogP contribution in [0.25, 0.3) is 0 Å². The molecule has 0 spiro atoms. The molecule has 1 heterocycles. The molecular weight excluding hydrogens is 254 g/mol. The van der Waals surface area contributed by atoms with Crippen LogP contribution >= 0.6 is 15.9 Å². The molecule has 2 saturated carbocycles. The fraction of sp³-hybridized carbons (Fsp3) is 0.636. The van der Waals surface area contributed by atoms with Crippen LogP contribution in [0.4, 0.5) is 5.95 Å². The number of nitrogens with zero attached hydrogens (tertiary/aromatic N) is 2. The Morgan fingerprint density at radius 3 is 2.13 bits per heavy atom. The first-order chi connectivity index (χ1) is 7.33. The summed E-state index contributed by atoms with van der Waals surface area (Å²) in [5.74, 6) is 2.54. The third-order valence-corrected chi connectivity index (χ3v) is 3.59. The Labute approximate surface area is 97.8 Å². The van der Waals surface area contributed by atoms with Gasteiger partial charge >= 0.3 is 0 Å². The Hall–Kier alpha value is -0.640. The van der Waals surface area contributed by atoms with E-state index < -0.39 is 0 Å². The van der Waals surface area contributed by atoms with Crippen molar-refractivity contribution in [2.75, 3.05) is 5.32 Å². The summed E-state index contributed by atoms with van der Waals surface area (Å²) in [6.07, 6.45) is 9.11. The van der Waals surface area contributed by atoms with E-state index in [1.54, 1.807) is 12.4 Å². The van der Waals surface area contributed by atoms with E-state index in [0.717, 1.165) is 22.3 Å². The van der Waals surface area contributed by atoms with E-state index in [2.05, 4.69) is 31.2 Å². The highest BCUT2D eigenvalue weighted by atomic mass is 79.9. The molecule has 15 heavy (non-hydrogen) atoms. The molecule has 3 rings (SSSR count). The second kappa shape index (κ2) is 3.74. The van der Waals surface area contributed by atoms with Crippen LogP contribution in [-0.4, -0.2) is 16.0 Å². The van der Waals surface area contributed by atoms with Gasteiger partial charge in [-0.1, -0.05) is 0 Å². The topological polar surface area (TPSA) is 37.8 Å². The van der Waals surface area contributed by atoms with Crippen LogP contribution in [0.15, 0.2) is 16.9 Å². The van der Waals surface area contributed by atoms with Crippen molar-refractivity contribution in [2.45, 2.75) is 31.7 Å². The molecule has 0 bridgehead atoms. The summed E-state index contributed by atoms with van der Waals surface area (Å²) < 4.78 is 0.933. The summed E-state index contributed by atoms with van der Waals surface area (Å²) in [5.41, 5.74) is 0. The molecule has 0 saturated heterocycles. The maximum atomic E-state index is 4.27. The molecule has 0 aromatic carbocycles. The maximum Gasteiger partial charge on any atom is 0.222 e. The fourth-order valence-corrected chi connectivity index (χ4v) is 2.27. The van der Waals surface area contributed by atoms with E-state index in [0.29, 0.717) is 6.04 Å². The number of hydrogen-bond acceptors (Lipinski definition) is 3. The van der Waals surface area contributed by atoms with Gasteiger partial charge in [-0.05, 0) is 53.4 Å². The van der Waals surface area contributed by atoms with Gasteiger partial charge in [0.2, 0.25) is 5.95 Å². The van der Waals surface area contributed by atoms with E-state index in [-0.39, 0.29) is 0 Å². The lowest BCUT2D eigenvalue weighted by molar-refractivity contribution is 0.563. The lowest BCUT2D eigenvalue weighted by atomic mass is 10.1. The lowest BCUT2D eigenvalue weighted by Gasteiger charge is -2.17. The van der Waals surface area contributed by atoms with Crippen LogP contribution in [-0.2, 0) is 0 Å². The molecule has 2 fully saturated rings. The van der Waals surface area contributed by atoms with Crippen molar-refractivity contribution < 1.29 is 0 Å². The second-order valence-corrected chi connectivity index (χ2v) is 5.49. The molecule has 0 aliphatic heterocycles. The van der Waals surface area contributed by atoms with E-state index in [1.165, 1.54) is 25.7 Å². The average Bonchev–Trinajstić information content (AvgIpc) is 3.11. The van der Waals surface area contributed by atoms with Crippen molar-refractivity contribution in [3.63, 3.8) is 0 Å². The monoisotopic (exact) mass is 267 g/mol. The van der Waals surface area contributed by atoms with Crippen molar-refractivity contribution in [1.82, 2.24) is 9.97 Å². The molecule has 0 radical (unpaired) electrons. The van der Waals surface area contributed by atoms with Crippen molar-refractivity contribution in [3.05, 3.63) is 16.9 Å². The lowest BCUT2D eigenvalue weighted by Crippen LogP contribution is -2.25. The molecule has 2 aliphatic rings. The van der Waals surface area contributed by atoms with Gasteiger partial charge < -0.3 is 5.32 Å². The Morgan fingerprint density at radius 2 is 1.67 bits per heavy atom. The van der Waals surface area contributed by atoms with Gasteiger partial charge in [-0.15, -0.1) is 0 Å². The minimum absolute atomic E-state index is 0.631. The molecule has 80 valence electrons. The number of hydrogen-bond donors (Lipinski definition) is 1. The first kappa shape index (κ1) is 9.58. The highest BCUT2D eigenvalue weighted by molar-refractivity contribution is 9.10. The molecule has 0 unspecified atom stereocenters. The Morgan fingerprint density at radius 1 is 1.13 bits per heavy atom. The third kappa shape index (κ3) is 2.30. The number of anilines is 1. The molecule has 4 heteroatoms. The summed E-state index contributed by atoms with van der Waals surface area (Å²) >= 11 is 3.34. The number of halogens is 1. The zero-order valence-corrected chi connectivity index (χ0v) is 10.1. The summed E-state index contributed by atoms with van der Waals surface area (Å²) in [6, 6.07) is 0.631.